The van der Waals surface area contributed by atoms with Crippen molar-refractivity contribution in [2.45, 2.75) is 37.4 Å². The van der Waals surface area contributed by atoms with Crippen molar-refractivity contribution in [3.8, 4) is 0 Å². The fourth-order valence-corrected chi connectivity index (χ4v) is 4.45. The molecule has 1 aliphatic rings. The number of rotatable bonds is 4. The van der Waals surface area contributed by atoms with Gasteiger partial charge < -0.3 is 0 Å². The molecule has 1 fully saturated rings. The number of carbonyl (C=O) groups is 1. The molecule has 0 saturated heterocycles. The molecule has 1 aromatic rings. The van der Waals surface area contributed by atoms with E-state index in [1.54, 1.807) is 11.3 Å². The first-order valence-electron chi connectivity index (χ1n) is 6.21. The molecule has 1 aliphatic carbocycles. The molecule has 18 heavy (non-hydrogen) atoms. The molecule has 2 unspecified atom stereocenters. The Morgan fingerprint density at radius 2 is 2.22 bits per heavy atom. The van der Waals surface area contributed by atoms with E-state index in [-0.39, 0.29) is 17.0 Å². The molecule has 2 atom stereocenters. The summed E-state index contributed by atoms with van der Waals surface area (Å²) in [5.41, 5.74) is 0. The van der Waals surface area contributed by atoms with E-state index >= 15 is 0 Å². The number of Topliss-reactive ketones (excluding diaryl/α,β-unsaturated/α-hetero) is 1. The van der Waals surface area contributed by atoms with E-state index in [1.165, 1.54) is 6.26 Å². The summed E-state index contributed by atoms with van der Waals surface area (Å²) in [4.78, 5) is 13.2. The Morgan fingerprint density at radius 3 is 2.83 bits per heavy atom. The highest BCUT2D eigenvalue weighted by Gasteiger charge is 2.32. The minimum Gasteiger partial charge on any atom is -0.299 e. The standard InChI is InChI=1S/C13H18O3S2/c1-18(15,16)12-6-2-4-10(8-12)13(14)9-11-5-3-7-17-11/h3,5,7,10,12H,2,4,6,8-9H2,1H3. The molecular weight excluding hydrogens is 268 g/mol. The first kappa shape index (κ1) is 13.7. The number of ketones is 1. The van der Waals surface area contributed by atoms with Gasteiger partial charge in [-0.3, -0.25) is 4.79 Å². The fourth-order valence-electron chi connectivity index (χ4n) is 2.56. The quantitative estimate of drug-likeness (QED) is 0.854. The molecule has 1 aromatic heterocycles. The first-order valence-corrected chi connectivity index (χ1v) is 9.04. The van der Waals surface area contributed by atoms with E-state index < -0.39 is 9.84 Å². The zero-order chi connectivity index (χ0) is 13.2. The summed E-state index contributed by atoms with van der Waals surface area (Å²) >= 11 is 1.58. The lowest BCUT2D eigenvalue weighted by atomic mass is 9.84. The Hall–Kier alpha value is -0.680. The minimum atomic E-state index is -3.00. The van der Waals surface area contributed by atoms with E-state index in [0.717, 1.165) is 17.7 Å². The summed E-state index contributed by atoms with van der Waals surface area (Å²) in [6, 6.07) is 3.90. The van der Waals surface area contributed by atoms with Crippen molar-refractivity contribution in [2.24, 2.45) is 5.92 Å². The SMILES string of the molecule is CS(=O)(=O)C1CCCC(C(=O)Cc2cccs2)C1. The van der Waals surface area contributed by atoms with Gasteiger partial charge in [-0.05, 0) is 30.7 Å². The third-order valence-corrected chi connectivity index (χ3v) is 6.13. The zero-order valence-corrected chi connectivity index (χ0v) is 12.1. The van der Waals surface area contributed by atoms with Crippen LogP contribution in [0.1, 0.15) is 30.6 Å². The van der Waals surface area contributed by atoms with Gasteiger partial charge in [-0.1, -0.05) is 12.5 Å². The van der Waals surface area contributed by atoms with Crippen molar-refractivity contribution >= 4 is 27.0 Å². The highest BCUT2D eigenvalue weighted by atomic mass is 32.2. The second kappa shape index (κ2) is 5.53. The van der Waals surface area contributed by atoms with Gasteiger partial charge in [-0.2, -0.15) is 0 Å². The second-order valence-electron chi connectivity index (χ2n) is 5.04. The monoisotopic (exact) mass is 286 g/mol. The van der Waals surface area contributed by atoms with Gasteiger partial charge >= 0.3 is 0 Å². The lowest BCUT2D eigenvalue weighted by molar-refractivity contribution is -0.123. The van der Waals surface area contributed by atoms with Gasteiger partial charge in [0.2, 0.25) is 0 Å². The van der Waals surface area contributed by atoms with Gasteiger partial charge in [0.1, 0.15) is 15.6 Å². The third-order valence-electron chi connectivity index (χ3n) is 3.62. The van der Waals surface area contributed by atoms with Crippen LogP contribution < -0.4 is 0 Å². The minimum absolute atomic E-state index is 0.0689. The maximum absolute atomic E-state index is 12.1. The summed E-state index contributed by atoms with van der Waals surface area (Å²) in [7, 11) is -3.00. The molecule has 3 nitrogen and oxygen atoms in total. The topological polar surface area (TPSA) is 51.2 Å². The average molecular weight is 286 g/mol. The van der Waals surface area contributed by atoms with Crippen LogP contribution in [-0.4, -0.2) is 25.7 Å². The normalized spacial score (nSPS) is 24.9. The van der Waals surface area contributed by atoms with Gasteiger partial charge in [0.05, 0.1) is 5.25 Å². The predicted molar refractivity (Wildman–Crippen MR) is 73.6 cm³/mol. The molecule has 0 radical (unpaired) electrons. The number of hydrogen-bond acceptors (Lipinski definition) is 4. The van der Waals surface area contributed by atoms with Crippen LogP contribution >= 0.6 is 11.3 Å². The van der Waals surface area contributed by atoms with Crippen LogP contribution in [0.4, 0.5) is 0 Å². The van der Waals surface area contributed by atoms with E-state index in [4.69, 9.17) is 0 Å². The summed E-state index contributed by atoms with van der Waals surface area (Å²) in [5, 5.41) is 1.64. The van der Waals surface area contributed by atoms with Gasteiger partial charge in [-0.25, -0.2) is 8.42 Å². The first-order chi connectivity index (χ1) is 8.47. The summed E-state index contributed by atoms with van der Waals surface area (Å²) in [6.45, 7) is 0. The molecule has 0 spiro atoms. The Labute approximate surface area is 112 Å². The van der Waals surface area contributed by atoms with Gasteiger partial charge in [-0.15, -0.1) is 11.3 Å². The van der Waals surface area contributed by atoms with Crippen LogP contribution in [-0.2, 0) is 21.1 Å². The van der Waals surface area contributed by atoms with Crippen LogP contribution in [0.15, 0.2) is 17.5 Å². The molecule has 2 rings (SSSR count). The second-order valence-corrected chi connectivity index (χ2v) is 8.40. The largest absolute Gasteiger partial charge is 0.299 e. The molecule has 1 heterocycles. The van der Waals surface area contributed by atoms with Crippen LogP contribution in [0.5, 0.6) is 0 Å². The van der Waals surface area contributed by atoms with Crippen molar-refractivity contribution in [1.82, 2.24) is 0 Å². The maximum Gasteiger partial charge on any atom is 0.150 e. The van der Waals surface area contributed by atoms with E-state index in [2.05, 4.69) is 0 Å². The number of thiophene rings is 1. The van der Waals surface area contributed by atoms with Gasteiger partial charge in [0.15, 0.2) is 0 Å². The molecule has 5 heteroatoms. The van der Waals surface area contributed by atoms with E-state index in [9.17, 15) is 13.2 Å². The molecule has 100 valence electrons. The lowest BCUT2D eigenvalue weighted by Gasteiger charge is -2.26. The Kier molecular flexibility index (Phi) is 4.22. The Balaban J connectivity index is 1.98. The van der Waals surface area contributed by atoms with Crippen molar-refractivity contribution in [2.75, 3.05) is 6.26 Å². The van der Waals surface area contributed by atoms with Crippen LogP contribution in [0.3, 0.4) is 0 Å². The van der Waals surface area contributed by atoms with Crippen LogP contribution in [0.25, 0.3) is 0 Å². The van der Waals surface area contributed by atoms with Crippen molar-refractivity contribution < 1.29 is 13.2 Å². The summed E-state index contributed by atoms with van der Waals surface area (Å²) in [5.74, 6) is 0.131. The van der Waals surface area contributed by atoms with Gasteiger partial charge in [0.25, 0.3) is 0 Å². The van der Waals surface area contributed by atoms with E-state index in [0.29, 0.717) is 19.3 Å². The summed E-state index contributed by atoms with van der Waals surface area (Å²) in [6.07, 6.45) is 4.65. The maximum atomic E-state index is 12.1. The Morgan fingerprint density at radius 1 is 1.44 bits per heavy atom. The third kappa shape index (κ3) is 3.42. The predicted octanol–water partition coefficient (Wildman–Crippen LogP) is 2.46. The summed E-state index contributed by atoms with van der Waals surface area (Å²) < 4.78 is 23.1. The molecule has 1 saturated carbocycles. The molecule has 0 aliphatic heterocycles. The smallest absolute Gasteiger partial charge is 0.150 e. The van der Waals surface area contributed by atoms with Crippen molar-refractivity contribution in [3.05, 3.63) is 22.4 Å². The van der Waals surface area contributed by atoms with Crippen LogP contribution in [0.2, 0.25) is 0 Å². The highest BCUT2D eigenvalue weighted by molar-refractivity contribution is 7.91. The van der Waals surface area contributed by atoms with Gasteiger partial charge in [0, 0.05) is 23.5 Å². The number of carbonyl (C=O) groups excluding carboxylic acids is 1. The lowest BCUT2D eigenvalue weighted by Crippen LogP contribution is -2.31. The van der Waals surface area contributed by atoms with E-state index in [1.807, 2.05) is 17.5 Å². The molecule has 0 N–H and O–H groups in total. The zero-order valence-electron chi connectivity index (χ0n) is 10.5. The number of hydrogen-bond donors (Lipinski definition) is 0. The molecule has 0 aromatic carbocycles. The fraction of sp³-hybridized carbons (Fsp3) is 0.615. The Bertz CT molecular complexity index is 502. The van der Waals surface area contributed by atoms with Crippen molar-refractivity contribution in [1.29, 1.82) is 0 Å². The molecular formula is C13H18O3S2. The molecule has 0 bridgehead atoms. The highest BCUT2D eigenvalue weighted by Crippen LogP contribution is 2.30. The van der Waals surface area contributed by atoms with Crippen molar-refractivity contribution in [3.63, 3.8) is 0 Å². The van der Waals surface area contributed by atoms with Crippen LogP contribution in [0, 0.1) is 5.92 Å². The number of sulfone groups is 1. The molecule has 0 amide bonds. The average Bonchev–Trinajstić information content (AvgIpc) is 2.81.